The van der Waals surface area contributed by atoms with Crippen LogP contribution in [0.5, 0.6) is 11.5 Å². The summed E-state index contributed by atoms with van der Waals surface area (Å²) in [5.74, 6) is 2.07. The minimum atomic E-state index is 0.0308. The van der Waals surface area contributed by atoms with Gasteiger partial charge in [-0.15, -0.1) is 0 Å². The molecule has 1 unspecified atom stereocenters. The van der Waals surface area contributed by atoms with Gasteiger partial charge < -0.3 is 14.4 Å². The minimum Gasteiger partial charge on any atom is -0.497 e. The molecule has 3 rings (SSSR count). The average Bonchev–Trinajstić information content (AvgIpc) is 3.16. The van der Waals surface area contributed by atoms with E-state index in [0.29, 0.717) is 5.92 Å². The molecule has 1 saturated heterocycles. The lowest BCUT2D eigenvalue weighted by Gasteiger charge is -2.25. The van der Waals surface area contributed by atoms with Crippen LogP contribution in [0.2, 0.25) is 0 Å². The standard InChI is InChI=1S/C22H27NO3/c1-16(2)17-9-11-19(12-10-17)26-15-22(24)23-13-5-8-21(23)18-6-4-7-20(14-18)25-3/h4,6-7,9-12,14,16,21H,5,8,13,15H2,1-3H3. The average molecular weight is 353 g/mol. The van der Waals surface area contributed by atoms with Gasteiger partial charge >= 0.3 is 0 Å². The van der Waals surface area contributed by atoms with Crippen LogP contribution in [0.3, 0.4) is 0 Å². The van der Waals surface area contributed by atoms with Crippen LogP contribution in [0.1, 0.15) is 49.8 Å². The van der Waals surface area contributed by atoms with E-state index >= 15 is 0 Å². The van der Waals surface area contributed by atoms with Gasteiger partial charge in [0.15, 0.2) is 6.61 Å². The second-order valence-corrected chi connectivity index (χ2v) is 7.03. The summed E-state index contributed by atoms with van der Waals surface area (Å²) in [6.45, 7) is 5.16. The number of nitrogens with zero attached hydrogens (tertiary/aromatic N) is 1. The highest BCUT2D eigenvalue weighted by Crippen LogP contribution is 2.33. The van der Waals surface area contributed by atoms with E-state index in [1.807, 2.05) is 35.2 Å². The first kappa shape index (κ1) is 18.3. The Kier molecular flexibility index (Phi) is 5.82. The highest BCUT2D eigenvalue weighted by Gasteiger charge is 2.30. The quantitative estimate of drug-likeness (QED) is 0.764. The number of rotatable bonds is 6. The van der Waals surface area contributed by atoms with Crippen molar-refractivity contribution >= 4 is 5.91 Å². The maximum Gasteiger partial charge on any atom is 0.261 e. The zero-order chi connectivity index (χ0) is 18.5. The van der Waals surface area contributed by atoms with E-state index in [0.717, 1.165) is 36.4 Å². The molecule has 4 nitrogen and oxygen atoms in total. The van der Waals surface area contributed by atoms with Gasteiger partial charge in [-0.1, -0.05) is 38.1 Å². The number of hydrogen-bond acceptors (Lipinski definition) is 3. The third-order valence-electron chi connectivity index (χ3n) is 4.96. The van der Waals surface area contributed by atoms with Crippen molar-refractivity contribution < 1.29 is 14.3 Å². The summed E-state index contributed by atoms with van der Waals surface area (Å²) in [5, 5.41) is 0. The fourth-order valence-electron chi connectivity index (χ4n) is 3.44. The topological polar surface area (TPSA) is 38.8 Å². The van der Waals surface area contributed by atoms with Gasteiger partial charge in [0.05, 0.1) is 13.2 Å². The van der Waals surface area contributed by atoms with Gasteiger partial charge in [-0.05, 0) is 54.2 Å². The Bertz CT molecular complexity index is 739. The number of likely N-dealkylation sites (tertiary alicyclic amines) is 1. The first-order valence-corrected chi connectivity index (χ1v) is 9.24. The number of carbonyl (C=O) groups excluding carboxylic acids is 1. The molecule has 0 aromatic heterocycles. The van der Waals surface area contributed by atoms with Crippen molar-refractivity contribution in [2.45, 2.75) is 38.6 Å². The summed E-state index contributed by atoms with van der Waals surface area (Å²) < 4.78 is 11.0. The van der Waals surface area contributed by atoms with E-state index in [4.69, 9.17) is 9.47 Å². The normalized spacial score (nSPS) is 16.8. The zero-order valence-electron chi connectivity index (χ0n) is 15.8. The summed E-state index contributed by atoms with van der Waals surface area (Å²) in [6, 6.07) is 16.1. The van der Waals surface area contributed by atoms with Crippen LogP contribution in [0.25, 0.3) is 0 Å². The van der Waals surface area contributed by atoms with Crippen LogP contribution in [-0.4, -0.2) is 31.1 Å². The van der Waals surface area contributed by atoms with Crippen molar-refractivity contribution in [2.75, 3.05) is 20.3 Å². The van der Waals surface area contributed by atoms with Gasteiger partial charge in [-0.2, -0.15) is 0 Å². The molecule has 4 heteroatoms. The molecule has 26 heavy (non-hydrogen) atoms. The third-order valence-corrected chi connectivity index (χ3v) is 4.96. The molecule has 1 atom stereocenters. The highest BCUT2D eigenvalue weighted by atomic mass is 16.5. The van der Waals surface area contributed by atoms with Crippen LogP contribution >= 0.6 is 0 Å². The maximum absolute atomic E-state index is 12.7. The zero-order valence-corrected chi connectivity index (χ0v) is 15.8. The fraction of sp³-hybridized carbons (Fsp3) is 0.409. The van der Waals surface area contributed by atoms with Crippen LogP contribution < -0.4 is 9.47 Å². The SMILES string of the molecule is COc1cccc(C2CCCN2C(=O)COc2ccc(C(C)C)cc2)c1. The number of ether oxygens (including phenoxy) is 2. The number of methoxy groups -OCH3 is 1. The first-order chi connectivity index (χ1) is 12.6. The first-order valence-electron chi connectivity index (χ1n) is 9.24. The lowest BCUT2D eigenvalue weighted by atomic mass is 10.0. The predicted molar refractivity (Wildman–Crippen MR) is 103 cm³/mol. The molecule has 1 fully saturated rings. The Balaban J connectivity index is 1.63. The molecule has 0 saturated carbocycles. The summed E-state index contributed by atoms with van der Waals surface area (Å²) in [6.07, 6.45) is 1.98. The molecule has 0 N–H and O–H groups in total. The van der Waals surface area contributed by atoms with Gasteiger partial charge in [0.2, 0.25) is 0 Å². The molecule has 2 aromatic carbocycles. The van der Waals surface area contributed by atoms with E-state index in [2.05, 4.69) is 32.0 Å². The highest BCUT2D eigenvalue weighted by molar-refractivity contribution is 5.78. The van der Waals surface area contributed by atoms with E-state index in [1.165, 1.54) is 5.56 Å². The summed E-state index contributed by atoms with van der Waals surface area (Å²) in [5.41, 5.74) is 2.39. The molecular weight excluding hydrogens is 326 g/mol. The Morgan fingerprint density at radius 2 is 1.92 bits per heavy atom. The number of amides is 1. The molecule has 0 bridgehead atoms. The summed E-state index contributed by atoms with van der Waals surface area (Å²) in [7, 11) is 1.66. The molecule has 1 heterocycles. The second kappa shape index (κ2) is 8.26. The lowest BCUT2D eigenvalue weighted by Crippen LogP contribution is -2.34. The Morgan fingerprint density at radius 1 is 1.15 bits per heavy atom. The van der Waals surface area contributed by atoms with Crippen LogP contribution in [0.15, 0.2) is 48.5 Å². The van der Waals surface area contributed by atoms with E-state index in [-0.39, 0.29) is 18.6 Å². The van der Waals surface area contributed by atoms with Crippen LogP contribution in [-0.2, 0) is 4.79 Å². The van der Waals surface area contributed by atoms with E-state index < -0.39 is 0 Å². The van der Waals surface area contributed by atoms with Gasteiger partial charge in [-0.25, -0.2) is 0 Å². The molecular formula is C22H27NO3. The Morgan fingerprint density at radius 3 is 2.62 bits per heavy atom. The molecule has 1 aliphatic rings. The van der Waals surface area contributed by atoms with Gasteiger partial charge in [0.25, 0.3) is 5.91 Å². The van der Waals surface area contributed by atoms with E-state index in [9.17, 15) is 4.79 Å². The van der Waals surface area contributed by atoms with Crippen LogP contribution in [0.4, 0.5) is 0 Å². The third kappa shape index (κ3) is 4.18. The monoisotopic (exact) mass is 353 g/mol. The molecule has 138 valence electrons. The van der Waals surface area contributed by atoms with Crippen molar-refractivity contribution in [2.24, 2.45) is 0 Å². The number of hydrogen-bond donors (Lipinski definition) is 0. The number of benzene rings is 2. The molecule has 0 radical (unpaired) electrons. The number of carbonyl (C=O) groups is 1. The minimum absolute atomic E-state index is 0.0308. The molecule has 1 aliphatic heterocycles. The van der Waals surface area contributed by atoms with Crippen molar-refractivity contribution in [1.82, 2.24) is 4.90 Å². The summed E-state index contributed by atoms with van der Waals surface area (Å²) in [4.78, 5) is 14.6. The van der Waals surface area contributed by atoms with E-state index in [1.54, 1.807) is 7.11 Å². The predicted octanol–water partition coefficient (Wildman–Crippen LogP) is 4.56. The Hall–Kier alpha value is -2.49. The van der Waals surface area contributed by atoms with Crippen LogP contribution in [0, 0.1) is 0 Å². The molecule has 0 spiro atoms. The largest absolute Gasteiger partial charge is 0.497 e. The van der Waals surface area contributed by atoms with Crippen molar-refractivity contribution in [3.05, 3.63) is 59.7 Å². The van der Waals surface area contributed by atoms with Crippen molar-refractivity contribution in [3.8, 4) is 11.5 Å². The molecule has 0 aliphatic carbocycles. The second-order valence-electron chi connectivity index (χ2n) is 7.03. The van der Waals surface area contributed by atoms with Gasteiger partial charge in [0, 0.05) is 6.54 Å². The molecule has 1 amide bonds. The smallest absolute Gasteiger partial charge is 0.261 e. The summed E-state index contributed by atoms with van der Waals surface area (Å²) >= 11 is 0. The van der Waals surface area contributed by atoms with Crippen molar-refractivity contribution in [3.63, 3.8) is 0 Å². The lowest BCUT2D eigenvalue weighted by molar-refractivity contribution is -0.134. The Labute approximate surface area is 155 Å². The van der Waals surface area contributed by atoms with Gasteiger partial charge in [-0.3, -0.25) is 4.79 Å². The van der Waals surface area contributed by atoms with Crippen molar-refractivity contribution in [1.29, 1.82) is 0 Å². The maximum atomic E-state index is 12.7. The van der Waals surface area contributed by atoms with Gasteiger partial charge in [0.1, 0.15) is 11.5 Å². The fourth-order valence-corrected chi connectivity index (χ4v) is 3.44. The molecule has 2 aromatic rings.